The van der Waals surface area contributed by atoms with Crippen LogP contribution < -0.4 is 0 Å². The van der Waals surface area contributed by atoms with Gasteiger partial charge in [0, 0.05) is 0 Å². The van der Waals surface area contributed by atoms with E-state index in [2.05, 4.69) is 39.1 Å². The van der Waals surface area contributed by atoms with E-state index in [0.29, 0.717) is 0 Å². The molecule has 0 radical (unpaired) electrons. The van der Waals surface area contributed by atoms with Gasteiger partial charge in [-0.3, -0.25) is 9.78 Å². The van der Waals surface area contributed by atoms with Crippen LogP contribution in [0.25, 0.3) is 0 Å². The van der Waals surface area contributed by atoms with Gasteiger partial charge in [0.15, 0.2) is 0 Å². The van der Waals surface area contributed by atoms with Gasteiger partial charge >= 0.3 is 24.2 Å². The van der Waals surface area contributed by atoms with Crippen molar-refractivity contribution in [3.63, 3.8) is 0 Å². The molecule has 0 amide bonds. The van der Waals surface area contributed by atoms with Crippen LogP contribution in [0.2, 0.25) is 0 Å². The lowest BCUT2D eigenvalue weighted by molar-refractivity contribution is -0.452. The maximum Gasteiger partial charge on any atom is 0.543 e. The van der Waals surface area contributed by atoms with Crippen LogP contribution in [0.1, 0.15) is 58.5 Å². The lowest BCUT2D eigenvalue weighted by atomic mass is 10.1. The highest BCUT2D eigenvalue weighted by atomic mass is 17.5. The van der Waals surface area contributed by atoms with Crippen molar-refractivity contribution >= 4 is 24.2 Å². The van der Waals surface area contributed by atoms with Crippen LogP contribution in [0, 0.1) is 0 Å². The topological polar surface area (TPSA) is 142 Å². The molecular formula is C24H26O12. The first-order chi connectivity index (χ1) is 17.4. The molecule has 0 aromatic heterocycles. The maximum atomic E-state index is 11.7. The van der Waals surface area contributed by atoms with Gasteiger partial charge in [0.25, 0.3) is 0 Å². The summed E-state index contributed by atoms with van der Waals surface area (Å²) in [4.78, 5) is 63.2. The van der Waals surface area contributed by atoms with E-state index in [-0.39, 0.29) is 37.2 Å². The molecule has 0 aliphatic heterocycles. The molecule has 0 bridgehead atoms. The molecule has 0 aliphatic carbocycles. The molecule has 2 aromatic rings. The molecule has 2 rings (SSSR count). The fourth-order valence-electron chi connectivity index (χ4n) is 2.56. The molecule has 0 saturated carbocycles. The highest BCUT2D eigenvalue weighted by molar-refractivity contribution is 5.89. The van der Waals surface area contributed by atoms with Crippen molar-refractivity contribution in [1.29, 1.82) is 0 Å². The van der Waals surface area contributed by atoms with E-state index in [0.717, 1.165) is 24.0 Å². The van der Waals surface area contributed by atoms with Crippen LogP contribution in [-0.2, 0) is 51.9 Å². The van der Waals surface area contributed by atoms with E-state index in [4.69, 9.17) is 0 Å². The van der Waals surface area contributed by atoms with Crippen molar-refractivity contribution in [3.8, 4) is 0 Å². The number of ether oxygens (including phenoxy) is 2. The highest BCUT2D eigenvalue weighted by Crippen LogP contribution is 2.08. The molecule has 0 atom stereocenters. The van der Waals surface area contributed by atoms with E-state index < -0.39 is 24.2 Å². The van der Waals surface area contributed by atoms with Gasteiger partial charge in [0.05, 0.1) is 34.4 Å². The van der Waals surface area contributed by atoms with E-state index in [1.165, 1.54) is 0 Å². The lowest BCUT2D eigenvalue weighted by Crippen LogP contribution is -2.14. The van der Waals surface area contributed by atoms with Gasteiger partial charge in [-0.15, -0.1) is 0 Å². The number of carbonyl (C=O) groups excluding carboxylic acids is 4. The van der Waals surface area contributed by atoms with E-state index in [1.807, 2.05) is 13.8 Å². The Hall–Kier alpha value is -4.16. The van der Waals surface area contributed by atoms with E-state index in [9.17, 15) is 19.2 Å². The van der Waals surface area contributed by atoms with Crippen LogP contribution in [0.3, 0.4) is 0 Å². The Bertz CT molecular complexity index is 904. The summed E-state index contributed by atoms with van der Waals surface area (Å²) in [5.41, 5.74) is 2.51. The second-order valence-electron chi connectivity index (χ2n) is 7.05. The maximum absolute atomic E-state index is 11.7. The number of benzene rings is 2. The fourth-order valence-corrected chi connectivity index (χ4v) is 2.56. The first-order valence-corrected chi connectivity index (χ1v) is 11.0. The zero-order chi connectivity index (χ0) is 26.2. The van der Waals surface area contributed by atoms with Crippen molar-refractivity contribution in [2.24, 2.45) is 0 Å². The molecule has 194 valence electrons. The molecule has 0 fully saturated rings. The molecule has 0 saturated heterocycles. The minimum Gasteiger partial charge on any atom is -0.432 e. The van der Waals surface area contributed by atoms with E-state index in [1.54, 1.807) is 48.5 Å². The Morgan fingerprint density at radius 2 is 0.917 bits per heavy atom. The first kappa shape index (κ1) is 28.1. The van der Waals surface area contributed by atoms with Gasteiger partial charge in [-0.1, -0.05) is 38.1 Å². The predicted octanol–water partition coefficient (Wildman–Crippen LogP) is 4.61. The van der Waals surface area contributed by atoms with Crippen molar-refractivity contribution in [2.75, 3.05) is 13.2 Å². The molecule has 0 aliphatic rings. The molecular weight excluding hydrogens is 480 g/mol. The number of hydrogen-bond acceptors (Lipinski definition) is 12. The molecule has 2 aromatic carbocycles. The Labute approximate surface area is 206 Å². The number of aryl methyl sites for hydroxylation is 2. The van der Waals surface area contributed by atoms with Crippen LogP contribution >= 0.6 is 0 Å². The number of carbonyl (C=O) groups is 4. The molecule has 0 heterocycles. The zero-order valence-corrected chi connectivity index (χ0v) is 19.8. The van der Waals surface area contributed by atoms with E-state index >= 15 is 0 Å². The van der Waals surface area contributed by atoms with Gasteiger partial charge in [0.2, 0.25) is 0 Å². The number of hydrogen-bond donors (Lipinski definition) is 0. The standard InChI is InChI=1S/C24H26O12/c1-3-17-7-11-19(12-8-17)21(25)31-35-33-23(27)29-15-5-6-16-30-24(28)34-36-32-22(26)20-13-9-18(4-2)10-14-20/h7-14H,3-6,15-16H2,1-2H3. The third-order valence-corrected chi connectivity index (χ3v) is 4.60. The zero-order valence-electron chi connectivity index (χ0n) is 19.8. The molecule has 0 unspecified atom stereocenters. The summed E-state index contributed by atoms with van der Waals surface area (Å²) in [6, 6.07) is 13.2. The van der Waals surface area contributed by atoms with Crippen LogP contribution in [0.4, 0.5) is 9.59 Å². The summed E-state index contributed by atoms with van der Waals surface area (Å²) in [6.45, 7) is 3.75. The quantitative estimate of drug-likeness (QED) is 0.162. The summed E-state index contributed by atoms with van der Waals surface area (Å²) >= 11 is 0. The molecule has 36 heavy (non-hydrogen) atoms. The Balaban J connectivity index is 1.46. The minimum atomic E-state index is -1.23. The molecule has 12 heteroatoms. The number of unbranched alkanes of at least 4 members (excludes halogenated alkanes) is 1. The summed E-state index contributed by atoms with van der Waals surface area (Å²) < 4.78 is 9.37. The molecule has 12 nitrogen and oxygen atoms in total. The van der Waals surface area contributed by atoms with Crippen molar-refractivity contribution < 1.29 is 58.3 Å². The number of rotatable bonds is 13. The predicted molar refractivity (Wildman–Crippen MR) is 119 cm³/mol. The normalized spacial score (nSPS) is 10.2. The highest BCUT2D eigenvalue weighted by Gasteiger charge is 2.13. The summed E-state index contributed by atoms with van der Waals surface area (Å²) in [5.74, 6) is -1.70. The van der Waals surface area contributed by atoms with Gasteiger partial charge in [0.1, 0.15) is 0 Å². The Morgan fingerprint density at radius 1 is 0.556 bits per heavy atom. The minimum absolute atomic E-state index is 0.0992. The van der Waals surface area contributed by atoms with Gasteiger partial charge < -0.3 is 9.47 Å². The fraction of sp³-hybridized carbons (Fsp3) is 0.333. The van der Waals surface area contributed by atoms with Gasteiger partial charge in [-0.2, -0.15) is 0 Å². The summed E-state index contributed by atoms with van der Waals surface area (Å²) in [6.07, 6.45) is -0.256. The summed E-state index contributed by atoms with van der Waals surface area (Å²) in [5, 5.41) is 8.22. The van der Waals surface area contributed by atoms with Gasteiger partial charge in [-0.25, -0.2) is 29.0 Å². The van der Waals surface area contributed by atoms with Gasteiger partial charge in [-0.05, 0) is 61.1 Å². The van der Waals surface area contributed by atoms with Crippen molar-refractivity contribution in [1.82, 2.24) is 0 Å². The third-order valence-electron chi connectivity index (χ3n) is 4.60. The second kappa shape index (κ2) is 15.7. The first-order valence-electron chi connectivity index (χ1n) is 11.0. The lowest BCUT2D eigenvalue weighted by Gasteiger charge is -2.06. The molecule has 0 spiro atoms. The summed E-state index contributed by atoms with van der Waals surface area (Å²) in [7, 11) is 0. The van der Waals surface area contributed by atoms with Crippen LogP contribution in [-0.4, -0.2) is 37.5 Å². The third kappa shape index (κ3) is 10.4. The second-order valence-corrected chi connectivity index (χ2v) is 7.05. The SMILES string of the molecule is CCc1ccc(C(=O)OOOC(=O)OCCCCOC(=O)OOOC(=O)c2ccc(CC)cc2)cc1. The molecule has 0 N–H and O–H groups in total. The average molecular weight is 506 g/mol. The van der Waals surface area contributed by atoms with Crippen LogP contribution in [0.5, 0.6) is 0 Å². The largest absolute Gasteiger partial charge is 0.543 e. The Kier molecular flexibility index (Phi) is 12.2. The average Bonchev–Trinajstić information content (AvgIpc) is 2.90. The monoisotopic (exact) mass is 506 g/mol. The Morgan fingerprint density at radius 3 is 1.25 bits per heavy atom. The van der Waals surface area contributed by atoms with Crippen molar-refractivity contribution in [2.45, 2.75) is 39.5 Å². The van der Waals surface area contributed by atoms with Crippen LogP contribution in [0.15, 0.2) is 48.5 Å². The van der Waals surface area contributed by atoms with Crippen molar-refractivity contribution in [3.05, 3.63) is 70.8 Å². The smallest absolute Gasteiger partial charge is 0.432 e.